The fourth-order valence-electron chi connectivity index (χ4n) is 2.06. The molecule has 0 amide bonds. The first-order valence-corrected chi connectivity index (χ1v) is 5.04. The molecule has 1 N–H and O–H groups in total. The molecule has 1 aliphatic rings. The number of hydrogen-bond donors (Lipinski definition) is 1. The van der Waals surface area contributed by atoms with Gasteiger partial charge in [-0.25, -0.2) is 0 Å². The number of aromatic nitrogens is 1. The summed E-state index contributed by atoms with van der Waals surface area (Å²) in [4.78, 5) is 10.9. The molecule has 1 saturated carbocycles. The summed E-state index contributed by atoms with van der Waals surface area (Å²) in [6, 6.07) is 1.59. The lowest BCUT2D eigenvalue weighted by Gasteiger charge is -2.08. The normalized spacial score (nSPS) is 20.0. The molecule has 1 aromatic rings. The molecular formula is C10H15NO2. The fraction of sp³-hybridized carbons (Fsp3) is 0.700. The van der Waals surface area contributed by atoms with E-state index in [-0.39, 0.29) is 5.56 Å². The van der Waals surface area contributed by atoms with Gasteiger partial charge in [0.15, 0.2) is 0 Å². The van der Waals surface area contributed by atoms with Crippen molar-refractivity contribution in [3.8, 4) is 0 Å². The van der Waals surface area contributed by atoms with Crippen LogP contribution in [0.2, 0.25) is 0 Å². The van der Waals surface area contributed by atoms with Gasteiger partial charge >= 0.3 is 0 Å². The first kappa shape index (κ1) is 8.60. The standard InChI is InChI=1S/C10H15NO2/c12-10-7-9(13-11-10)8-5-3-1-2-4-6-8/h7-8H,1-6H2,(H,11,12). The summed E-state index contributed by atoms with van der Waals surface area (Å²) in [5.74, 6) is 1.33. The number of rotatable bonds is 1. The molecule has 0 atom stereocenters. The van der Waals surface area contributed by atoms with E-state index in [1.165, 1.54) is 38.5 Å². The van der Waals surface area contributed by atoms with Crippen molar-refractivity contribution in [1.82, 2.24) is 5.16 Å². The largest absolute Gasteiger partial charge is 0.383 e. The first-order chi connectivity index (χ1) is 6.36. The fourth-order valence-corrected chi connectivity index (χ4v) is 2.06. The Labute approximate surface area is 77.1 Å². The Balaban J connectivity index is 2.10. The highest BCUT2D eigenvalue weighted by molar-refractivity contribution is 5.02. The van der Waals surface area contributed by atoms with Gasteiger partial charge in [0.05, 0.1) is 0 Å². The quantitative estimate of drug-likeness (QED) is 0.676. The minimum absolute atomic E-state index is 0.112. The summed E-state index contributed by atoms with van der Waals surface area (Å²) in [5.41, 5.74) is -0.112. The van der Waals surface area contributed by atoms with Gasteiger partial charge in [0.2, 0.25) is 0 Å². The Morgan fingerprint density at radius 2 is 1.92 bits per heavy atom. The van der Waals surface area contributed by atoms with Crippen LogP contribution in [-0.4, -0.2) is 5.16 Å². The van der Waals surface area contributed by atoms with Crippen molar-refractivity contribution in [1.29, 1.82) is 0 Å². The Morgan fingerprint density at radius 3 is 2.46 bits per heavy atom. The topological polar surface area (TPSA) is 46.0 Å². The molecule has 3 nitrogen and oxygen atoms in total. The Hall–Kier alpha value is -0.990. The van der Waals surface area contributed by atoms with Gasteiger partial charge in [-0.1, -0.05) is 25.7 Å². The summed E-state index contributed by atoms with van der Waals surface area (Å²) in [7, 11) is 0. The average Bonchev–Trinajstić information content (AvgIpc) is 2.43. The second kappa shape index (κ2) is 3.81. The summed E-state index contributed by atoms with van der Waals surface area (Å²) in [6.07, 6.45) is 7.51. The summed E-state index contributed by atoms with van der Waals surface area (Å²) in [5, 5.41) is 2.36. The predicted octanol–water partition coefficient (Wildman–Crippen LogP) is 2.41. The third kappa shape index (κ3) is 2.02. The Morgan fingerprint density at radius 1 is 1.23 bits per heavy atom. The molecule has 0 unspecified atom stereocenters. The number of nitrogens with one attached hydrogen (secondary N) is 1. The van der Waals surface area contributed by atoms with Crippen molar-refractivity contribution in [2.75, 3.05) is 0 Å². The molecule has 1 fully saturated rings. The lowest BCUT2D eigenvalue weighted by molar-refractivity contribution is 0.344. The number of aromatic amines is 1. The molecule has 0 aromatic carbocycles. The predicted molar refractivity (Wildman–Crippen MR) is 49.8 cm³/mol. The zero-order valence-corrected chi connectivity index (χ0v) is 7.71. The highest BCUT2D eigenvalue weighted by Gasteiger charge is 2.17. The first-order valence-electron chi connectivity index (χ1n) is 5.04. The third-order valence-electron chi connectivity index (χ3n) is 2.80. The van der Waals surface area contributed by atoms with Gasteiger partial charge in [-0.15, -0.1) is 0 Å². The van der Waals surface area contributed by atoms with E-state index < -0.39 is 0 Å². The van der Waals surface area contributed by atoms with Crippen molar-refractivity contribution in [3.05, 3.63) is 22.2 Å². The van der Waals surface area contributed by atoms with E-state index in [0.29, 0.717) is 5.92 Å². The molecule has 2 rings (SSSR count). The van der Waals surface area contributed by atoms with Crippen molar-refractivity contribution in [2.45, 2.75) is 44.4 Å². The van der Waals surface area contributed by atoms with Crippen molar-refractivity contribution < 1.29 is 4.52 Å². The third-order valence-corrected chi connectivity index (χ3v) is 2.80. The number of H-pyrrole nitrogens is 1. The van der Waals surface area contributed by atoms with Gasteiger partial charge in [-0.3, -0.25) is 4.79 Å². The van der Waals surface area contributed by atoms with E-state index in [1.54, 1.807) is 6.07 Å². The molecule has 0 spiro atoms. The van der Waals surface area contributed by atoms with Crippen LogP contribution in [0, 0.1) is 0 Å². The smallest absolute Gasteiger partial charge is 0.280 e. The van der Waals surface area contributed by atoms with E-state index in [9.17, 15) is 4.79 Å². The van der Waals surface area contributed by atoms with Gasteiger partial charge < -0.3 is 4.52 Å². The maximum atomic E-state index is 10.9. The van der Waals surface area contributed by atoms with E-state index in [4.69, 9.17) is 4.52 Å². The molecule has 13 heavy (non-hydrogen) atoms. The average molecular weight is 181 g/mol. The van der Waals surface area contributed by atoms with Crippen LogP contribution in [0.3, 0.4) is 0 Å². The van der Waals surface area contributed by atoms with Crippen molar-refractivity contribution in [3.63, 3.8) is 0 Å². The number of hydrogen-bond acceptors (Lipinski definition) is 2. The van der Waals surface area contributed by atoms with Crippen LogP contribution in [0.5, 0.6) is 0 Å². The monoisotopic (exact) mass is 181 g/mol. The van der Waals surface area contributed by atoms with Crippen molar-refractivity contribution >= 4 is 0 Å². The minimum Gasteiger partial charge on any atom is -0.383 e. The lowest BCUT2D eigenvalue weighted by Crippen LogP contribution is -1.97. The molecule has 0 radical (unpaired) electrons. The van der Waals surface area contributed by atoms with Gasteiger partial charge in [0, 0.05) is 12.0 Å². The van der Waals surface area contributed by atoms with Crippen LogP contribution < -0.4 is 5.56 Å². The molecular weight excluding hydrogens is 166 g/mol. The Bertz CT molecular complexity index is 305. The molecule has 1 aliphatic carbocycles. The van der Waals surface area contributed by atoms with Gasteiger partial charge in [-0.05, 0) is 12.8 Å². The van der Waals surface area contributed by atoms with Crippen molar-refractivity contribution in [2.24, 2.45) is 0 Å². The summed E-state index contributed by atoms with van der Waals surface area (Å²) >= 11 is 0. The van der Waals surface area contributed by atoms with Crippen LogP contribution in [0.15, 0.2) is 15.4 Å². The van der Waals surface area contributed by atoms with E-state index in [2.05, 4.69) is 5.16 Å². The highest BCUT2D eigenvalue weighted by atomic mass is 16.5. The van der Waals surface area contributed by atoms with Crippen LogP contribution >= 0.6 is 0 Å². The highest BCUT2D eigenvalue weighted by Crippen LogP contribution is 2.30. The second-order valence-corrected chi connectivity index (χ2v) is 3.80. The van der Waals surface area contributed by atoms with E-state index in [0.717, 1.165) is 5.76 Å². The molecule has 0 saturated heterocycles. The molecule has 3 heteroatoms. The summed E-state index contributed by atoms with van der Waals surface area (Å²) in [6.45, 7) is 0. The SMILES string of the molecule is O=c1cc(C2CCCCCC2)o[nH]1. The molecule has 72 valence electrons. The molecule has 1 heterocycles. The van der Waals surface area contributed by atoms with Crippen LogP contribution in [0.4, 0.5) is 0 Å². The van der Waals surface area contributed by atoms with Gasteiger partial charge in [0.1, 0.15) is 5.76 Å². The van der Waals surface area contributed by atoms with Crippen LogP contribution in [0.1, 0.15) is 50.2 Å². The molecule has 0 bridgehead atoms. The second-order valence-electron chi connectivity index (χ2n) is 3.80. The van der Waals surface area contributed by atoms with E-state index in [1.807, 2.05) is 0 Å². The van der Waals surface area contributed by atoms with Gasteiger partial charge in [0.25, 0.3) is 5.56 Å². The van der Waals surface area contributed by atoms with E-state index >= 15 is 0 Å². The lowest BCUT2D eigenvalue weighted by atomic mass is 9.98. The maximum Gasteiger partial charge on any atom is 0.280 e. The Kier molecular flexibility index (Phi) is 2.52. The molecule has 0 aliphatic heterocycles. The zero-order chi connectivity index (χ0) is 9.10. The minimum atomic E-state index is -0.112. The maximum absolute atomic E-state index is 10.9. The van der Waals surface area contributed by atoms with Crippen LogP contribution in [0.25, 0.3) is 0 Å². The zero-order valence-electron chi connectivity index (χ0n) is 7.71. The van der Waals surface area contributed by atoms with Gasteiger partial charge in [-0.2, -0.15) is 5.16 Å². The molecule has 1 aromatic heterocycles. The summed E-state index contributed by atoms with van der Waals surface area (Å²) < 4.78 is 5.12. The van der Waals surface area contributed by atoms with Crippen LogP contribution in [-0.2, 0) is 0 Å².